The highest BCUT2D eigenvalue weighted by atomic mass is 32.2. The van der Waals surface area contributed by atoms with Crippen molar-refractivity contribution in [2.45, 2.75) is 32.1 Å². The minimum Gasteiger partial charge on any atom is -0.317 e. The Balaban J connectivity index is 1.79. The highest BCUT2D eigenvalue weighted by Gasteiger charge is 2.26. The molecule has 1 N–H and O–H groups in total. The van der Waals surface area contributed by atoms with E-state index in [-0.39, 0.29) is 0 Å². The molecule has 0 aromatic rings. The summed E-state index contributed by atoms with van der Waals surface area (Å²) in [5.74, 6) is 1.08. The van der Waals surface area contributed by atoms with Gasteiger partial charge in [-0.2, -0.15) is 0 Å². The van der Waals surface area contributed by atoms with E-state index in [0.29, 0.717) is 5.75 Å². The van der Waals surface area contributed by atoms with E-state index >= 15 is 0 Å². The molecule has 0 aromatic heterocycles. The topological polar surface area (TPSA) is 49.4 Å². The van der Waals surface area contributed by atoms with E-state index < -0.39 is 10.0 Å². The van der Waals surface area contributed by atoms with Crippen LogP contribution in [0.4, 0.5) is 0 Å². The van der Waals surface area contributed by atoms with E-state index in [2.05, 4.69) is 5.32 Å². The second kappa shape index (κ2) is 5.47. The van der Waals surface area contributed by atoms with Crippen LogP contribution >= 0.6 is 0 Å². The van der Waals surface area contributed by atoms with Crippen molar-refractivity contribution in [3.8, 4) is 0 Å². The maximum atomic E-state index is 11.8. The van der Waals surface area contributed by atoms with Crippen molar-refractivity contribution in [2.75, 3.05) is 31.9 Å². The van der Waals surface area contributed by atoms with Crippen LogP contribution in [-0.4, -0.2) is 44.7 Å². The molecule has 2 saturated heterocycles. The first kappa shape index (κ1) is 12.3. The van der Waals surface area contributed by atoms with Gasteiger partial charge in [0.25, 0.3) is 0 Å². The Kier molecular flexibility index (Phi) is 4.21. The third kappa shape index (κ3) is 3.18. The van der Waals surface area contributed by atoms with Crippen molar-refractivity contribution in [3.63, 3.8) is 0 Å². The molecule has 94 valence electrons. The zero-order valence-electron chi connectivity index (χ0n) is 9.82. The molecule has 0 aliphatic carbocycles. The molecular formula is C11H22N2O2S. The molecular weight excluding hydrogens is 224 g/mol. The van der Waals surface area contributed by atoms with Crippen LogP contribution in [0.2, 0.25) is 0 Å². The van der Waals surface area contributed by atoms with Crippen molar-refractivity contribution in [3.05, 3.63) is 0 Å². The fourth-order valence-electron chi connectivity index (χ4n) is 2.59. The molecule has 16 heavy (non-hydrogen) atoms. The van der Waals surface area contributed by atoms with E-state index in [9.17, 15) is 8.42 Å². The normalized spacial score (nSPS) is 28.0. The van der Waals surface area contributed by atoms with Crippen LogP contribution < -0.4 is 5.32 Å². The van der Waals surface area contributed by atoms with Crippen LogP contribution in [0, 0.1) is 5.92 Å². The Morgan fingerprint density at radius 3 is 2.62 bits per heavy atom. The molecule has 4 nitrogen and oxygen atoms in total. The summed E-state index contributed by atoms with van der Waals surface area (Å²) in [7, 11) is -2.91. The largest absolute Gasteiger partial charge is 0.317 e. The van der Waals surface area contributed by atoms with Crippen LogP contribution in [0.25, 0.3) is 0 Å². The number of sulfonamides is 1. The summed E-state index contributed by atoms with van der Waals surface area (Å²) in [5, 5.41) is 3.34. The molecule has 2 fully saturated rings. The van der Waals surface area contributed by atoms with Crippen LogP contribution in [0.1, 0.15) is 32.1 Å². The van der Waals surface area contributed by atoms with Crippen LogP contribution in [-0.2, 0) is 10.0 Å². The summed E-state index contributed by atoms with van der Waals surface area (Å²) in [5.41, 5.74) is 0. The van der Waals surface area contributed by atoms with Crippen molar-refractivity contribution in [1.29, 1.82) is 0 Å². The Morgan fingerprint density at radius 2 is 1.94 bits per heavy atom. The Labute approximate surface area is 98.4 Å². The lowest BCUT2D eigenvalue weighted by atomic mass is 9.95. The van der Waals surface area contributed by atoms with Gasteiger partial charge < -0.3 is 5.32 Å². The molecule has 0 unspecified atom stereocenters. The first-order chi connectivity index (χ1) is 7.68. The summed E-state index contributed by atoms with van der Waals surface area (Å²) in [6.07, 6.45) is 5.32. The Morgan fingerprint density at radius 1 is 1.19 bits per heavy atom. The maximum absolute atomic E-state index is 11.8. The predicted octanol–water partition coefficient (Wildman–Crippen LogP) is 0.802. The minimum atomic E-state index is -2.91. The first-order valence-corrected chi connectivity index (χ1v) is 7.98. The number of hydrogen-bond donors (Lipinski definition) is 1. The summed E-state index contributed by atoms with van der Waals surface area (Å²) in [6, 6.07) is 0. The first-order valence-electron chi connectivity index (χ1n) is 6.37. The van der Waals surface area contributed by atoms with Gasteiger partial charge in [0, 0.05) is 13.1 Å². The molecule has 5 heteroatoms. The second-order valence-corrected chi connectivity index (χ2v) is 6.99. The van der Waals surface area contributed by atoms with Crippen molar-refractivity contribution >= 4 is 10.0 Å². The average molecular weight is 246 g/mol. The summed E-state index contributed by atoms with van der Waals surface area (Å²) in [4.78, 5) is 0. The summed E-state index contributed by atoms with van der Waals surface area (Å²) in [6.45, 7) is 3.68. The minimum absolute atomic E-state index is 0.360. The van der Waals surface area contributed by atoms with Gasteiger partial charge in [-0.1, -0.05) is 0 Å². The fraction of sp³-hybridized carbons (Fsp3) is 1.00. The van der Waals surface area contributed by atoms with Crippen LogP contribution in [0.5, 0.6) is 0 Å². The second-order valence-electron chi connectivity index (χ2n) is 4.90. The SMILES string of the molecule is O=S1(=O)CCCCN1CCC1CCNCC1. The van der Waals surface area contributed by atoms with Crippen molar-refractivity contribution < 1.29 is 8.42 Å². The van der Waals surface area contributed by atoms with Gasteiger partial charge >= 0.3 is 0 Å². The van der Waals surface area contributed by atoms with Gasteiger partial charge in [0.05, 0.1) is 5.75 Å². The van der Waals surface area contributed by atoms with Gasteiger partial charge in [0.2, 0.25) is 10.0 Å². The molecule has 0 radical (unpaired) electrons. The average Bonchev–Trinajstić information content (AvgIpc) is 2.28. The zero-order valence-corrected chi connectivity index (χ0v) is 10.6. The lowest BCUT2D eigenvalue weighted by Gasteiger charge is -2.29. The lowest BCUT2D eigenvalue weighted by Crippen LogP contribution is -2.39. The monoisotopic (exact) mass is 246 g/mol. The maximum Gasteiger partial charge on any atom is 0.214 e. The van der Waals surface area contributed by atoms with Gasteiger partial charge in [-0.15, -0.1) is 0 Å². The fourth-order valence-corrected chi connectivity index (χ4v) is 4.21. The highest BCUT2D eigenvalue weighted by Crippen LogP contribution is 2.19. The van der Waals surface area contributed by atoms with Gasteiger partial charge in [-0.05, 0) is 51.1 Å². The number of nitrogens with one attached hydrogen (secondary N) is 1. The van der Waals surface area contributed by atoms with E-state index in [1.54, 1.807) is 4.31 Å². The van der Waals surface area contributed by atoms with Gasteiger partial charge in [0.15, 0.2) is 0 Å². The molecule has 2 aliphatic heterocycles. The molecule has 0 amide bonds. The number of piperidine rings is 1. The highest BCUT2D eigenvalue weighted by molar-refractivity contribution is 7.89. The number of hydrogen-bond acceptors (Lipinski definition) is 3. The third-order valence-corrected chi connectivity index (χ3v) is 5.66. The molecule has 0 aromatic carbocycles. The summed E-state index contributed by atoms with van der Waals surface area (Å²) < 4.78 is 25.2. The van der Waals surface area contributed by atoms with E-state index in [1.807, 2.05) is 0 Å². The summed E-state index contributed by atoms with van der Waals surface area (Å²) >= 11 is 0. The predicted molar refractivity (Wildman–Crippen MR) is 64.8 cm³/mol. The molecule has 2 rings (SSSR count). The van der Waals surface area contributed by atoms with E-state index in [1.165, 1.54) is 12.8 Å². The Bertz CT molecular complexity index is 310. The van der Waals surface area contributed by atoms with Gasteiger partial charge in [-0.3, -0.25) is 0 Å². The van der Waals surface area contributed by atoms with Crippen molar-refractivity contribution in [1.82, 2.24) is 9.62 Å². The molecule has 0 bridgehead atoms. The molecule has 0 saturated carbocycles. The third-order valence-electron chi connectivity index (χ3n) is 3.70. The standard InChI is InChI=1S/C11H22N2O2S/c14-16(15)10-2-1-8-13(16)9-5-11-3-6-12-7-4-11/h11-12H,1-10H2. The zero-order chi connectivity index (χ0) is 11.4. The smallest absolute Gasteiger partial charge is 0.214 e. The number of rotatable bonds is 3. The van der Waals surface area contributed by atoms with Crippen LogP contribution in [0.15, 0.2) is 0 Å². The molecule has 2 aliphatic rings. The van der Waals surface area contributed by atoms with Crippen molar-refractivity contribution in [2.24, 2.45) is 5.92 Å². The molecule has 0 atom stereocenters. The quantitative estimate of drug-likeness (QED) is 0.801. The molecule has 2 heterocycles. The Hall–Kier alpha value is -0.130. The van der Waals surface area contributed by atoms with Crippen LogP contribution in [0.3, 0.4) is 0 Å². The number of nitrogens with zero attached hydrogens (tertiary/aromatic N) is 1. The van der Waals surface area contributed by atoms with E-state index in [4.69, 9.17) is 0 Å². The van der Waals surface area contributed by atoms with E-state index in [0.717, 1.165) is 51.4 Å². The molecule has 0 spiro atoms. The van der Waals surface area contributed by atoms with Gasteiger partial charge in [-0.25, -0.2) is 12.7 Å². The lowest BCUT2D eigenvalue weighted by molar-refractivity contribution is 0.303. The van der Waals surface area contributed by atoms with Gasteiger partial charge in [0.1, 0.15) is 0 Å².